The third kappa shape index (κ3) is 7.69. The lowest BCUT2D eigenvalue weighted by Gasteiger charge is -2.32. The van der Waals surface area contributed by atoms with Crippen LogP contribution in [0.25, 0.3) is 0 Å². The molecule has 9 heteroatoms. The molecule has 0 aromatic heterocycles. The fourth-order valence-electron chi connectivity index (χ4n) is 4.24. The van der Waals surface area contributed by atoms with Crippen LogP contribution in [0.1, 0.15) is 48.9 Å². The van der Waals surface area contributed by atoms with Crippen LogP contribution in [0.2, 0.25) is 0 Å². The van der Waals surface area contributed by atoms with E-state index < -0.39 is 34.3 Å². The molecule has 2 amide bonds. The third-order valence-electron chi connectivity index (χ3n) is 6.78. The van der Waals surface area contributed by atoms with Gasteiger partial charge in [0, 0.05) is 13.1 Å². The van der Waals surface area contributed by atoms with Crippen molar-refractivity contribution >= 4 is 27.5 Å². The summed E-state index contributed by atoms with van der Waals surface area (Å²) in [5.74, 6) is -1.32. The van der Waals surface area contributed by atoms with Gasteiger partial charge >= 0.3 is 0 Å². The minimum atomic E-state index is -4.15. The molecule has 0 aliphatic rings. The smallest absolute Gasteiger partial charge is 0.264 e. The highest BCUT2D eigenvalue weighted by atomic mass is 32.2. The van der Waals surface area contributed by atoms with Gasteiger partial charge in [-0.3, -0.25) is 13.9 Å². The van der Waals surface area contributed by atoms with E-state index >= 15 is 0 Å². The van der Waals surface area contributed by atoms with Crippen LogP contribution < -0.4 is 9.62 Å². The number of carbonyl (C=O) groups excluding carboxylic acids is 2. The Morgan fingerprint density at radius 2 is 1.55 bits per heavy atom. The van der Waals surface area contributed by atoms with Gasteiger partial charge in [0.05, 0.1) is 10.6 Å². The summed E-state index contributed by atoms with van der Waals surface area (Å²) < 4.78 is 42.6. The normalized spacial score (nSPS) is 12.1. The van der Waals surface area contributed by atoms with Crippen LogP contribution in [-0.4, -0.2) is 44.3 Å². The molecular formula is C31H38FN3O4S. The van der Waals surface area contributed by atoms with E-state index in [1.165, 1.54) is 29.2 Å². The van der Waals surface area contributed by atoms with Gasteiger partial charge in [0.1, 0.15) is 18.4 Å². The number of amides is 2. The van der Waals surface area contributed by atoms with Gasteiger partial charge in [-0.25, -0.2) is 12.8 Å². The number of benzene rings is 3. The standard InChI is InChI=1S/C31H38FN3O4S/c1-6-7-18-33-31(37)25(5)34(20-26-12-14-27(32)15-13-26)30(36)21-35(29-19-23(3)8-11-24(29)4)40(38,39)28-16-9-22(2)10-17-28/h8-17,19,25H,6-7,18,20-21H2,1-5H3,(H,33,37)/t25-/m1/s1. The van der Waals surface area contributed by atoms with E-state index in [-0.39, 0.29) is 17.3 Å². The van der Waals surface area contributed by atoms with Crippen molar-refractivity contribution in [3.8, 4) is 0 Å². The second-order valence-electron chi connectivity index (χ2n) is 10.1. The van der Waals surface area contributed by atoms with E-state index in [1.54, 1.807) is 44.2 Å². The third-order valence-corrected chi connectivity index (χ3v) is 8.56. The molecule has 0 radical (unpaired) electrons. The molecular weight excluding hydrogens is 529 g/mol. The number of carbonyl (C=O) groups is 2. The van der Waals surface area contributed by atoms with Crippen molar-refractivity contribution in [3.63, 3.8) is 0 Å². The number of rotatable bonds is 12. The maximum Gasteiger partial charge on any atom is 0.264 e. The molecule has 1 N–H and O–H groups in total. The number of aryl methyl sites for hydroxylation is 3. The van der Waals surface area contributed by atoms with Crippen LogP contribution in [0, 0.1) is 26.6 Å². The summed E-state index contributed by atoms with van der Waals surface area (Å²) in [7, 11) is -4.15. The van der Waals surface area contributed by atoms with Crippen LogP contribution in [-0.2, 0) is 26.2 Å². The fraction of sp³-hybridized carbons (Fsp3) is 0.355. The predicted octanol–water partition coefficient (Wildman–Crippen LogP) is 5.28. The Bertz CT molecular complexity index is 1420. The summed E-state index contributed by atoms with van der Waals surface area (Å²) in [5.41, 5.74) is 3.42. The van der Waals surface area contributed by atoms with Gasteiger partial charge in [-0.2, -0.15) is 0 Å². The van der Waals surface area contributed by atoms with Gasteiger partial charge in [-0.15, -0.1) is 0 Å². The molecule has 1 atom stereocenters. The van der Waals surface area contributed by atoms with Gasteiger partial charge in [0.15, 0.2) is 0 Å². The van der Waals surface area contributed by atoms with E-state index in [0.717, 1.165) is 28.3 Å². The molecule has 0 saturated heterocycles. The average Bonchev–Trinajstić information content (AvgIpc) is 2.92. The van der Waals surface area contributed by atoms with Crippen molar-refractivity contribution in [3.05, 3.63) is 94.8 Å². The summed E-state index contributed by atoms with van der Waals surface area (Å²) in [5, 5.41) is 2.85. The number of nitrogens with one attached hydrogen (secondary N) is 1. The van der Waals surface area contributed by atoms with Crippen molar-refractivity contribution in [2.24, 2.45) is 0 Å². The second kappa shape index (κ2) is 13.6. The molecule has 0 heterocycles. The van der Waals surface area contributed by atoms with Crippen molar-refractivity contribution in [1.29, 1.82) is 0 Å². The summed E-state index contributed by atoms with van der Waals surface area (Å²) in [6.07, 6.45) is 1.69. The topological polar surface area (TPSA) is 86.8 Å². The summed E-state index contributed by atoms with van der Waals surface area (Å²) >= 11 is 0. The molecule has 0 spiro atoms. The highest BCUT2D eigenvalue weighted by Gasteiger charge is 2.33. The van der Waals surface area contributed by atoms with Gasteiger partial charge in [-0.1, -0.05) is 55.3 Å². The van der Waals surface area contributed by atoms with Crippen molar-refractivity contribution in [2.45, 2.75) is 64.9 Å². The van der Waals surface area contributed by atoms with E-state index in [4.69, 9.17) is 0 Å². The van der Waals surface area contributed by atoms with E-state index in [9.17, 15) is 22.4 Å². The van der Waals surface area contributed by atoms with Crippen LogP contribution >= 0.6 is 0 Å². The molecule has 0 aliphatic carbocycles. The summed E-state index contributed by atoms with van der Waals surface area (Å²) in [4.78, 5) is 28.4. The SMILES string of the molecule is CCCCNC(=O)[C@@H](C)N(Cc1ccc(F)cc1)C(=O)CN(c1cc(C)ccc1C)S(=O)(=O)c1ccc(C)cc1. The maximum absolute atomic E-state index is 14.0. The van der Waals surface area contributed by atoms with Crippen molar-refractivity contribution in [1.82, 2.24) is 10.2 Å². The number of anilines is 1. The van der Waals surface area contributed by atoms with Crippen molar-refractivity contribution in [2.75, 3.05) is 17.4 Å². The average molecular weight is 568 g/mol. The van der Waals surface area contributed by atoms with Crippen LogP contribution in [0.5, 0.6) is 0 Å². The van der Waals surface area contributed by atoms with Gasteiger partial charge in [-0.05, 0) is 81.1 Å². The van der Waals surface area contributed by atoms with Crippen LogP contribution in [0.3, 0.4) is 0 Å². The first kappa shape index (κ1) is 30.8. The molecule has 7 nitrogen and oxygen atoms in total. The largest absolute Gasteiger partial charge is 0.354 e. The Hall–Kier alpha value is -3.72. The van der Waals surface area contributed by atoms with Gasteiger partial charge in [0.25, 0.3) is 10.0 Å². The highest BCUT2D eigenvalue weighted by Crippen LogP contribution is 2.28. The minimum Gasteiger partial charge on any atom is -0.354 e. The van der Waals surface area contributed by atoms with Gasteiger partial charge < -0.3 is 10.2 Å². The molecule has 3 rings (SSSR count). The molecule has 0 bridgehead atoms. The zero-order valence-corrected chi connectivity index (χ0v) is 24.6. The first-order chi connectivity index (χ1) is 18.9. The predicted molar refractivity (Wildman–Crippen MR) is 156 cm³/mol. The molecule has 0 aliphatic heterocycles. The van der Waals surface area contributed by atoms with Crippen LogP contribution in [0.15, 0.2) is 71.6 Å². The molecule has 0 unspecified atom stereocenters. The number of hydrogen-bond acceptors (Lipinski definition) is 4. The lowest BCUT2D eigenvalue weighted by molar-refractivity contribution is -0.139. The first-order valence-corrected chi connectivity index (χ1v) is 14.9. The van der Waals surface area contributed by atoms with Gasteiger partial charge in [0.2, 0.25) is 11.8 Å². The van der Waals surface area contributed by atoms with E-state index in [0.29, 0.717) is 23.4 Å². The zero-order valence-electron chi connectivity index (χ0n) is 23.8. The maximum atomic E-state index is 14.0. The summed E-state index contributed by atoms with van der Waals surface area (Å²) in [6.45, 7) is 9.08. The number of hydrogen-bond donors (Lipinski definition) is 1. The Labute approximate surface area is 237 Å². The molecule has 3 aromatic rings. The molecule has 3 aromatic carbocycles. The van der Waals surface area contributed by atoms with E-state index in [1.807, 2.05) is 32.9 Å². The lowest BCUT2D eigenvalue weighted by atomic mass is 10.1. The Balaban J connectivity index is 2.04. The Kier molecular flexibility index (Phi) is 10.5. The highest BCUT2D eigenvalue weighted by molar-refractivity contribution is 7.92. The quantitative estimate of drug-likeness (QED) is 0.302. The fourth-order valence-corrected chi connectivity index (χ4v) is 5.71. The van der Waals surface area contributed by atoms with E-state index in [2.05, 4.69) is 5.32 Å². The lowest BCUT2D eigenvalue weighted by Crippen LogP contribution is -2.51. The number of nitrogens with zero attached hydrogens (tertiary/aromatic N) is 2. The first-order valence-electron chi connectivity index (χ1n) is 13.4. The number of sulfonamides is 1. The minimum absolute atomic E-state index is 0.00664. The Morgan fingerprint density at radius 3 is 2.17 bits per heavy atom. The number of unbranched alkanes of at least 4 members (excludes halogenated alkanes) is 1. The van der Waals surface area contributed by atoms with Crippen molar-refractivity contribution < 1.29 is 22.4 Å². The van der Waals surface area contributed by atoms with Crippen LogP contribution in [0.4, 0.5) is 10.1 Å². The molecule has 40 heavy (non-hydrogen) atoms. The second-order valence-corrected chi connectivity index (χ2v) is 11.9. The summed E-state index contributed by atoms with van der Waals surface area (Å²) in [6, 6.07) is 16.7. The monoisotopic (exact) mass is 567 g/mol. The Morgan fingerprint density at radius 1 is 0.925 bits per heavy atom. The number of halogens is 1. The molecule has 214 valence electrons. The zero-order chi connectivity index (χ0) is 29.4. The molecule has 0 saturated carbocycles. The molecule has 0 fully saturated rings.